The Bertz CT molecular complexity index is 516. The third-order valence-electron chi connectivity index (χ3n) is 4.59. The Balaban J connectivity index is 1.50. The zero-order valence-corrected chi connectivity index (χ0v) is 13.2. The first-order chi connectivity index (χ1) is 10.6. The van der Waals surface area contributed by atoms with Gasteiger partial charge in [-0.25, -0.2) is 4.68 Å². The second-order valence-electron chi connectivity index (χ2n) is 6.13. The predicted octanol–water partition coefficient (Wildman–Crippen LogP) is 0.0969. The molecule has 0 saturated carbocycles. The van der Waals surface area contributed by atoms with E-state index in [9.17, 15) is 4.79 Å². The van der Waals surface area contributed by atoms with E-state index in [0.29, 0.717) is 11.9 Å². The highest BCUT2D eigenvalue weighted by atomic mass is 16.5. The lowest BCUT2D eigenvalue weighted by Gasteiger charge is -2.40. The van der Waals surface area contributed by atoms with E-state index in [-0.39, 0.29) is 12.5 Å². The van der Waals surface area contributed by atoms with Crippen molar-refractivity contribution in [2.24, 2.45) is 0 Å². The standard InChI is InChI=1S/C15H25N5O2/c1-12-10-14(16)20(17-12)11-15(21)19-6-4-18(5-7-19)13-2-8-22-9-3-13/h10,13H,2-9,11,16H2,1H3. The Morgan fingerprint density at radius 2 is 2.00 bits per heavy atom. The van der Waals surface area contributed by atoms with Crippen LogP contribution < -0.4 is 5.73 Å². The number of nitrogens with two attached hydrogens (primary N) is 1. The van der Waals surface area contributed by atoms with E-state index in [1.54, 1.807) is 10.7 Å². The van der Waals surface area contributed by atoms with Gasteiger partial charge in [-0.2, -0.15) is 5.10 Å². The number of hydrogen-bond acceptors (Lipinski definition) is 5. The van der Waals surface area contributed by atoms with Crippen LogP contribution in [-0.2, 0) is 16.1 Å². The second kappa shape index (κ2) is 6.66. The van der Waals surface area contributed by atoms with E-state index in [0.717, 1.165) is 57.9 Å². The number of piperazine rings is 1. The summed E-state index contributed by atoms with van der Waals surface area (Å²) in [7, 11) is 0. The minimum absolute atomic E-state index is 0.0985. The van der Waals surface area contributed by atoms with Crippen molar-refractivity contribution in [1.82, 2.24) is 19.6 Å². The molecule has 0 radical (unpaired) electrons. The van der Waals surface area contributed by atoms with Crippen LogP contribution in [0.5, 0.6) is 0 Å². The van der Waals surface area contributed by atoms with Gasteiger partial charge in [0, 0.05) is 51.5 Å². The molecule has 7 heteroatoms. The smallest absolute Gasteiger partial charge is 0.244 e. The fourth-order valence-electron chi connectivity index (χ4n) is 3.31. The lowest BCUT2D eigenvalue weighted by molar-refractivity contribution is -0.134. The van der Waals surface area contributed by atoms with Gasteiger partial charge in [0.1, 0.15) is 12.4 Å². The molecule has 2 fully saturated rings. The van der Waals surface area contributed by atoms with Crippen molar-refractivity contribution in [3.8, 4) is 0 Å². The van der Waals surface area contributed by atoms with Crippen molar-refractivity contribution in [1.29, 1.82) is 0 Å². The third kappa shape index (κ3) is 3.41. The summed E-state index contributed by atoms with van der Waals surface area (Å²) in [5, 5.41) is 4.25. The summed E-state index contributed by atoms with van der Waals surface area (Å²) in [5.74, 6) is 0.646. The average Bonchev–Trinajstić information content (AvgIpc) is 2.86. The zero-order chi connectivity index (χ0) is 15.5. The highest BCUT2D eigenvalue weighted by Gasteiger charge is 2.27. The van der Waals surface area contributed by atoms with Gasteiger partial charge < -0.3 is 15.4 Å². The van der Waals surface area contributed by atoms with Gasteiger partial charge in [-0.05, 0) is 19.8 Å². The molecule has 0 spiro atoms. The van der Waals surface area contributed by atoms with Crippen molar-refractivity contribution < 1.29 is 9.53 Å². The molecule has 1 amide bonds. The molecule has 2 aliphatic heterocycles. The SMILES string of the molecule is Cc1cc(N)n(CC(=O)N2CCN(C3CCOCC3)CC2)n1. The number of carbonyl (C=O) groups excluding carboxylic acids is 1. The normalized spacial score (nSPS) is 21.2. The topological polar surface area (TPSA) is 76.6 Å². The molecule has 0 unspecified atom stereocenters. The largest absolute Gasteiger partial charge is 0.384 e. The fourth-order valence-corrected chi connectivity index (χ4v) is 3.31. The molecule has 0 atom stereocenters. The first kappa shape index (κ1) is 15.3. The van der Waals surface area contributed by atoms with Crippen LogP contribution in [0.3, 0.4) is 0 Å². The molecular formula is C15H25N5O2. The lowest BCUT2D eigenvalue weighted by Crippen LogP contribution is -2.53. The van der Waals surface area contributed by atoms with Gasteiger partial charge in [-0.3, -0.25) is 9.69 Å². The molecule has 22 heavy (non-hydrogen) atoms. The molecule has 122 valence electrons. The lowest BCUT2D eigenvalue weighted by atomic mass is 10.1. The first-order valence-corrected chi connectivity index (χ1v) is 8.03. The number of rotatable bonds is 3. The Morgan fingerprint density at radius 3 is 2.59 bits per heavy atom. The maximum Gasteiger partial charge on any atom is 0.244 e. The molecule has 2 N–H and O–H groups in total. The van der Waals surface area contributed by atoms with Gasteiger partial charge in [0.2, 0.25) is 5.91 Å². The molecule has 3 rings (SSSR count). The number of ether oxygens (including phenoxy) is 1. The van der Waals surface area contributed by atoms with Crippen LogP contribution in [0.2, 0.25) is 0 Å². The van der Waals surface area contributed by atoms with E-state index >= 15 is 0 Å². The van der Waals surface area contributed by atoms with E-state index < -0.39 is 0 Å². The molecular weight excluding hydrogens is 282 g/mol. The monoisotopic (exact) mass is 307 g/mol. The summed E-state index contributed by atoms with van der Waals surface area (Å²) in [6, 6.07) is 2.41. The molecule has 3 heterocycles. The summed E-state index contributed by atoms with van der Waals surface area (Å²) in [6.45, 7) is 7.31. The van der Waals surface area contributed by atoms with Crippen LogP contribution in [0.15, 0.2) is 6.07 Å². The Kier molecular flexibility index (Phi) is 4.63. The van der Waals surface area contributed by atoms with Gasteiger partial charge in [-0.1, -0.05) is 0 Å². The fraction of sp³-hybridized carbons (Fsp3) is 0.733. The molecule has 0 aromatic carbocycles. The quantitative estimate of drug-likeness (QED) is 0.857. The zero-order valence-electron chi connectivity index (χ0n) is 13.2. The second-order valence-corrected chi connectivity index (χ2v) is 6.13. The van der Waals surface area contributed by atoms with Crippen LogP contribution in [0.25, 0.3) is 0 Å². The molecule has 2 saturated heterocycles. The highest BCUT2D eigenvalue weighted by molar-refractivity contribution is 5.76. The number of aromatic nitrogens is 2. The predicted molar refractivity (Wildman–Crippen MR) is 83.4 cm³/mol. The summed E-state index contributed by atoms with van der Waals surface area (Å²) in [6.07, 6.45) is 2.22. The maximum atomic E-state index is 12.4. The van der Waals surface area contributed by atoms with E-state index in [4.69, 9.17) is 10.5 Å². The van der Waals surface area contributed by atoms with Crippen LogP contribution in [-0.4, -0.2) is 70.9 Å². The highest BCUT2D eigenvalue weighted by Crippen LogP contribution is 2.17. The van der Waals surface area contributed by atoms with Crippen molar-refractivity contribution in [3.05, 3.63) is 11.8 Å². The maximum absolute atomic E-state index is 12.4. The van der Waals surface area contributed by atoms with Crippen LogP contribution in [0, 0.1) is 6.92 Å². The van der Waals surface area contributed by atoms with Gasteiger partial charge in [0.05, 0.1) is 5.69 Å². The minimum Gasteiger partial charge on any atom is -0.384 e. The summed E-state index contributed by atoms with van der Waals surface area (Å²) in [5.41, 5.74) is 6.69. The molecule has 0 aliphatic carbocycles. The number of nitrogens with zero attached hydrogens (tertiary/aromatic N) is 4. The van der Waals surface area contributed by atoms with Crippen molar-refractivity contribution in [2.45, 2.75) is 32.4 Å². The van der Waals surface area contributed by atoms with Gasteiger partial charge >= 0.3 is 0 Å². The third-order valence-corrected chi connectivity index (χ3v) is 4.59. The minimum atomic E-state index is 0.0985. The van der Waals surface area contributed by atoms with Crippen LogP contribution in [0.1, 0.15) is 18.5 Å². The van der Waals surface area contributed by atoms with E-state index in [1.165, 1.54) is 0 Å². The van der Waals surface area contributed by atoms with Gasteiger partial charge in [-0.15, -0.1) is 0 Å². The number of anilines is 1. The number of nitrogen functional groups attached to an aromatic ring is 1. The van der Waals surface area contributed by atoms with Crippen molar-refractivity contribution in [2.75, 3.05) is 45.1 Å². The number of hydrogen-bond donors (Lipinski definition) is 1. The number of amides is 1. The Hall–Kier alpha value is -1.60. The Labute approximate surface area is 131 Å². The molecule has 2 aliphatic rings. The van der Waals surface area contributed by atoms with Crippen molar-refractivity contribution in [3.63, 3.8) is 0 Å². The molecule has 1 aromatic heterocycles. The Morgan fingerprint density at radius 1 is 1.32 bits per heavy atom. The summed E-state index contributed by atoms with van der Waals surface area (Å²) >= 11 is 0. The number of carbonyl (C=O) groups is 1. The van der Waals surface area contributed by atoms with Crippen molar-refractivity contribution >= 4 is 11.7 Å². The average molecular weight is 307 g/mol. The number of aryl methyl sites for hydroxylation is 1. The molecule has 7 nitrogen and oxygen atoms in total. The first-order valence-electron chi connectivity index (χ1n) is 8.03. The summed E-state index contributed by atoms with van der Waals surface area (Å²) < 4.78 is 7.00. The van der Waals surface area contributed by atoms with Gasteiger partial charge in [0.25, 0.3) is 0 Å². The molecule has 0 bridgehead atoms. The van der Waals surface area contributed by atoms with E-state index in [2.05, 4.69) is 10.00 Å². The van der Waals surface area contributed by atoms with Gasteiger partial charge in [0.15, 0.2) is 0 Å². The molecule has 1 aromatic rings. The summed E-state index contributed by atoms with van der Waals surface area (Å²) in [4.78, 5) is 16.8. The van der Waals surface area contributed by atoms with E-state index in [1.807, 2.05) is 11.8 Å². The van der Waals surface area contributed by atoms with Crippen LogP contribution >= 0.6 is 0 Å². The van der Waals surface area contributed by atoms with Crippen LogP contribution in [0.4, 0.5) is 5.82 Å².